The quantitative estimate of drug-likeness (QED) is 0.892. The van der Waals surface area contributed by atoms with E-state index in [2.05, 4.69) is 66.8 Å². The van der Waals surface area contributed by atoms with Crippen LogP contribution < -0.4 is 5.32 Å². The summed E-state index contributed by atoms with van der Waals surface area (Å²) in [5, 5.41) is 3.68. The molecule has 0 amide bonds. The van der Waals surface area contributed by atoms with E-state index in [1.807, 2.05) is 18.7 Å². The van der Waals surface area contributed by atoms with Crippen molar-refractivity contribution in [3.63, 3.8) is 0 Å². The Hall–Kier alpha value is -1.61. The molecule has 0 radical (unpaired) electrons. The predicted molar refractivity (Wildman–Crippen MR) is 79.0 cm³/mol. The van der Waals surface area contributed by atoms with Gasteiger partial charge in [-0.05, 0) is 33.3 Å². The molecule has 3 nitrogen and oxygen atoms in total. The first-order valence-corrected chi connectivity index (χ1v) is 6.78. The highest BCUT2D eigenvalue weighted by Gasteiger charge is 2.22. The van der Waals surface area contributed by atoms with E-state index in [0.717, 1.165) is 6.54 Å². The standard InChI is InChI=1S/C16H23N3/c1-13-5-7-15(8-6-13)16(3,4)18-14(2)11-19-10-9-17-12-19/h5-10,12,14,18H,11H2,1-4H3. The van der Waals surface area contributed by atoms with Crippen LogP contribution in [0.15, 0.2) is 43.0 Å². The van der Waals surface area contributed by atoms with E-state index in [4.69, 9.17) is 0 Å². The second kappa shape index (κ2) is 5.57. The highest BCUT2D eigenvalue weighted by molar-refractivity contribution is 5.26. The Labute approximate surface area is 115 Å². The molecule has 3 heteroatoms. The third-order valence-electron chi connectivity index (χ3n) is 3.42. The lowest BCUT2D eigenvalue weighted by Crippen LogP contribution is -2.44. The lowest BCUT2D eigenvalue weighted by Gasteiger charge is -2.31. The molecule has 0 aliphatic heterocycles. The summed E-state index contributed by atoms with van der Waals surface area (Å²) in [7, 11) is 0. The van der Waals surface area contributed by atoms with Crippen LogP contribution in [0.2, 0.25) is 0 Å². The highest BCUT2D eigenvalue weighted by Crippen LogP contribution is 2.21. The van der Waals surface area contributed by atoms with Gasteiger partial charge in [0.05, 0.1) is 6.33 Å². The van der Waals surface area contributed by atoms with Crippen LogP contribution in [0.4, 0.5) is 0 Å². The Morgan fingerprint density at radius 3 is 2.53 bits per heavy atom. The molecule has 0 saturated heterocycles. The van der Waals surface area contributed by atoms with Gasteiger partial charge in [-0.2, -0.15) is 0 Å². The van der Waals surface area contributed by atoms with E-state index in [-0.39, 0.29) is 5.54 Å². The zero-order valence-corrected chi connectivity index (χ0v) is 12.2. The summed E-state index contributed by atoms with van der Waals surface area (Å²) in [6.45, 7) is 9.70. The molecule has 1 aromatic heterocycles. The van der Waals surface area contributed by atoms with E-state index in [0.29, 0.717) is 6.04 Å². The summed E-state index contributed by atoms with van der Waals surface area (Å²) in [5.74, 6) is 0. The average molecular weight is 257 g/mol. The number of benzene rings is 1. The van der Waals surface area contributed by atoms with Gasteiger partial charge >= 0.3 is 0 Å². The van der Waals surface area contributed by atoms with Gasteiger partial charge in [0.2, 0.25) is 0 Å². The van der Waals surface area contributed by atoms with Crippen molar-refractivity contribution in [1.29, 1.82) is 0 Å². The van der Waals surface area contributed by atoms with Gasteiger partial charge in [-0.25, -0.2) is 4.98 Å². The molecular weight excluding hydrogens is 234 g/mol. The summed E-state index contributed by atoms with van der Waals surface area (Å²) in [4.78, 5) is 4.07. The molecule has 1 N–H and O–H groups in total. The van der Waals surface area contributed by atoms with Crippen molar-refractivity contribution in [2.24, 2.45) is 0 Å². The fourth-order valence-corrected chi connectivity index (χ4v) is 2.43. The van der Waals surface area contributed by atoms with Gasteiger partial charge in [-0.1, -0.05) is 29.8 Å². The Morgan fingerprint density at radius 2 is 1.95 bits per heavy atom. The molecule has 2 aromatic rings. The van der Waals surface area contributed by atoms with Gasteiger partial charge in [0.1, 0.15) is 0 Å². The number of aryl methyl sites for hydroxylation is 1. The van der Waals surface area contributed by atoms with Crippen LogP contribution in [0, 0.1) is 6.92 Å². The fraction of sp³-hybridized carbons (Fsp3) is 0.438. The Kier molecular flexibility index (Phi) is 4.05. The minimum atomic E-state index is -0.0340. The fourth-order valence-electron chi connectivity index (χ4n) is 2.43. The Balaban J connectivity index is 2.01. The minimum Gasteiger partial charge on any atom is -0.336 e. The van der Waals surface area contributed by atoms with Gasteiger partial charge < -0.3 is 9.88 Å². The smallest absolute Gasteiger partial charge is 0.0946 e. The van der Waals surface area contributed by atoms with Crippen molar-refractivity contribution in [1.82, 2.24) is 14.9 Å². The lowest BCUT2D eigenvalue weighted by molar-refractivity contribution is 0.330. The van der Waals surface area contributed by atoms with Gasteiger partial charge in [0, 0.05) is 30.5 Å². The number of nitrogens with zero attached hydrogens (tertiary/aromatic N) is 2. The normalized spacial score (nSPS) is 13.5. The van der Waals surface area contributed by atoms with Crippen LogP contribution in [-0.2, 0) is 12.1 Å². The van der Waals surface area contributed by atoms with Crippen LogP contribution >= 0.6 is 0 Å². The topological polar surface area (TPSA) is 29.9 Å². The monoisotopic (exact) mass is 257 g/mol. The second-order valence-electron chi connectivity index (χ2n) is 5.80. The molecule has 19 heavy (non-hydrogen) atoms. The van der Waals surface area contributed by atoms with E-state index in [1.165, 1.54) is 11.1 Å². The molecule has 1 atom stereocenters. The molecule has 1 unspecified atom stereocenters. The van der Waals surface area contributed by atoms with Crippen molar-refractivity contribution in [3.8, 4) is 0 Å². The van der Waals surface area contributed by atoms with Crippen LogP contribution in [0.25, 0.3) is 0 Å². The van der Waals surface area contributed by atoms with Crippen molar-refractivity contribution in [2.45, 2.75) is 45.8 Å². The number of rotatable bonds is 5. The van der Waals surface area contributed by atoms with E-state index < -0.39 is 0 Å². The first kappa shape index (κ1) is 13.8. The molecule has 1 heterocycles. The molecule has 0 bridgehead atoms. The Morgan fingerprint density at radius 1 is 1.26 bits per heavy atom. The second-order valence-corrected chi connectivity index (χ2v) is 5.80. The molecule has 0 spiro atoms. The van der Waals surface area contributed by atoms with Crippen LogP contribution in [0.5, 0.6) is 0 Å². The zero-order valence-electron chi connectivity index (χ0n) is 12.2. The molecule has 102 valence electrons. The molecule has 1 aromatic carbocycles. The lowest BCUT2D eigenvalue weighted by atomic mass is 9.92. The highest BCUT2D eigenvalue weighted by atomic mass is 15.1. The molecule has 0 aliphatic carbocycles. The summed E-state index contributed by atoms with van der Waals surface area (Å²) >= 11 is 0. The van der Waals surface area contributed by atoms with Crippen LogP contribution in [0.3, 0.4) is 0 Å². The van der Waals surface area contributed by atoms with Crippen molar-refractivity contribution in [3.05, 3.63) is 54.1 Å². The summed E-state index contributed by atoms with van der Waals surface area (Å²) < 4.78 is 2.10. The maximum atomic E-state index is 4.07. The van der Waals surface area contributed by atoms with Gasteiger partial charge in [0.25, 0.3) is 0 Å². The van der Waals surface area contributed by atoms with Crippen LogP contribution in [-0.4, -0.2) is 15.6 Å². The van der Waals surface area contributed by atoms with Gasteiger partial charge in [0.15, 0.2) is 0 Å². The third kappa shape index (κ3) is 3.67. The maximum absolute atomic E-state index is 4.07. The first-order chi connectivity index (χ1) is 8.97. The Bertz CT molecular complexity index is 497. The van der Waals surface area contributed by atoms with Crippen molar-refractivity contribution < 1.29 is 0 Å². The molecule has 0 saturated carbocycles. The zero-order chi connectivity index (χ0) is 13.9. The number of imidazole rings is 1. The van der Waals surface area contributed by atoms with Gasteiger partial charge in [-0.15, -0.1) is 0 Å². The van der Waals surface area contributed by atoms with Gasteiger partial charge in [-0.3, -0.25) is 0 Å². The molecule has 0 fully saturated rings. The number of hydrogen-bond acceptors (Lipinski definition) is 2. The minimum absolute atomic E-state index is 0.0340. The van der Waals surface area contributed by atoms with Crippen molar-refractivity contribution >= 4 is 0 Å². The SMILES string of the molecule is Cc1ccc(C(C)(C)NC(C)Cn2ccnc2)cc1. The van der Waals surface area contributed by atoms with Crippen LogP contribution in [0.1, 0.15) is 31.9 Å². The maximum Gasteiger partial charge on any atom is 0.0946 e. The molecule has 0 aliphatic rings. The number of hydrogen-bond donors (Lipinski definition) is 1. The number of nitrogens with one attached hydrogen (secondary N) is 1. The third-order valence-corrected chi connectivity index (χ3v) is 3.42. The molecular formula is C16H23N3. The summed E-state index contributed by atoms with van der Waals surface area (Å²) in [5.41, 5.74) is 2.58. The van der Waals surface area contributed by atoms with E-state index in [1.54, 1.807) is 0 Å². The average Bonchev–Trinajstić information content (AvgIpc) is 2.81. The molecule has 2 rings (SSSR count). The first-order valence-electron chi connectivity index (χ1n) is 6.78. The number of aromatic nitrogens is 2. The summed E-state index contributed by atoms with van der Waals surface area (Å²) in [6.07, 6.45) is 5.67. The van der Waals surface area contributed by atoms with E-state index in [9.17, 15) is 0 Å². The van der Waals surface area contributed by atoms with E-state index >= 15 is 0 Å². The predicted octanol–water partition coefficient (Wildman–Crippen LogP) is 3.10. The largest absolute Gasteiger partial charge is 0.336 e. The summed E-state index contributed by atoms with van der Waals surface area (Å²) in [6, 6.07) is 9.11. The van der Waals surface area contributed by atoms with Crippen molar-refractivity contribution in [2.75, 3.05) is 0 Å².